The number of halogens is 2. The summed E-state index contributed by atoms with van der Waals surface area (Å²) in [6.45, 7) is 2.54. The highest BCUT2D eigenvalue weighted by Crippen LogP contribution is 2.38. The fourth-order valence-electron chi connectivity index (χ4n) is 5.31. The third kappa shape index (κ3) is 4.13. The lowest BCUT2D eigenvalue weighted by molar-refractivity contribution is -0.140. The Bertz CT molecular complexity index is 944. The Hall–Kier alpha value is -2.80. The molecule has 3 heterocycles. The van der Waals surface area contributed by atoms with Crippen molar-refractivity contribution < 1.29 is 23.1 Å². The molecule has 0 bridgehead atoms. The Morgan fingerprint density at radius 1 is 0.906 bits per heavy atom. The Balaban J connectivity index is 1.27. The second-order valence-electron chi connectivity index (χ2n) is 9.12. The van der Waals surface area contributed by atoms with Crippen LogP contribution in [-0.2, 0) is 9.53 Å². The highest BCUT2D eigenvalue weighted by molar-refractivity contribution is 5.81. The topological polar surface area (TPSA) is 49.9 Å². The smallest absolute Gasteiger partial charge is 0.320 e. The molecule has 168 valence electrons. The van der Waals surface area contributed by atoms with Crippen LogP contribution < -0.4 is 0 Å². The second kappa shape index (κ2) is 8.62. The lowest BCUT2D eigenvalue weighted by Gasteiger charge is -2.48. The molecule has 0 unspecified atom stereocenters. The van der Waals surface area contributed by atoms with Gasteiger partial charge in [-0.05, 0) is 41.8 Å². The minimum Gasteiger partial charge on any atom is -0.370 e. The number of carbonyl (C=O) groups is 2. The number of ether oxygens (including phenoxy) is 1. The summed E-state index contributed by atoms with van der Waals surface area (Å²) in [6, 6.07) is 12.8. The number of carbonyl (C=O) groups excluding carboxylic acids is 2. The van der Waals surface area contributed by atoms with Crippen molar-refractivity contribution in [2.75, 3.05) is 32.8 Å². The SMILES string of the molecule is O=C1CO[C@H]2CCN(C(=O)N3CC(C(c4ccc(F)cc4)c4ccc(F)cc4)C3)C[C@H]2C1. The maximum atomic E-state index is 13.5. The van der Waals surface area contributed by atoms with Gasteiger partial charge in [0.25, 0.3) is 0 Å². The molecule has 0 aromatic heterocycles. The number of rotatable bonds is 3. The van der Waals surface area contributed by atoms with Crippen LogP contribution in [0, 0.1) is 23.5 Å². The van der Waals surface area contributed by atoms with Crippen LogP contribution in [0.2, 0.25) is 0 Å². The number of ketones is 1. The molecule has 0 spiro atoms. The van der Waals surface area contributed by atoms with E-state index in [1.807, 2.05) is 9.80 Å². The third-order valence-corrected chi connectivity index (χ3v) is 6.99. The van der Waals surface area contributed by atoms with E-state index in [0.29, 0.717) is 32.6 Å². The number of amides is 2. The predicted octanol–water partition coefficient (Wildman–Crippen LogP) is 3.83. The van der Waals surface area contributed by atoms with Crippen molar-refractivity contribution in [2.45, 2.75) is 24.9 Å². The third-order valence-electron chi connectivity index (χ3n) is 6.99. The Kier molecular flexibility index (Phi) is 5.67. The first-order valence-corrected chi connectivity index (χ1v) is 11.2. The van der Waals surface area contributed by atoms with Crippen LogP contribution in [-0.4, -0.2) is 60.5 Å². The van der Waals surface area contributed by atoms with Crippen LogP contribution in [0.1, 0.15) is 29.9 Å². The van der Waals surface area contributed by atoms with E-state index < -0.39 is 0 Å². The number of piperidine rings is 1. The average Bonchev–Trinajstić information content (AvgIpc) is 2.76. The highest BCUT2D eigenvalue weighted by atomic mass is 19.1. The summed E-state index contributed by atoms with van der Waals surface area (Å²) in [5.74, 6) is -0.304. The lowest BCUT2D eigenvalue weighted by Crippen LogP contribution is -2.59. The minimum atomic E-state index is -0.300. The van der Waals surface area contributed by atoms with Crippen LogP contribution in [0.25, 0.3) is 0 Å². The number of hydrogen-bond acceptors (Lipinski definition) is 3. The predicted molar refractivity (Wildman–Crippen MR) is 114 cm³/mol. The van der Waals surface area contributed by atoms with Crippen molar-refractivity contribution in [2.24, 2.45) is 11.8 Å². The molecule has 2 aromatic rings. The van der Waals surface area contributed by atoms with Gasteiger partial charge in [0.15, 0.2) is 5.78 Å². The van der Waals surface area contributed by atoms with Crippen LogP contribution in [0.4, 0.5) is 13.6 Å². The summed E-state index contributed by atoms with van der Waals surface area (Å²) in [5.41, 5.74) is 1.91. The molecule has 0 radical (unpaired) electrons. The zero-order valence-electron chi connectivity index (χ0n) is 17.8. The Morgan fingerprint density at radius 3 is 2.09 bits per heavy atom. The number of benzene rings is 2. The van der Waals surface area contributed by atoms with E-state index in [4.69, 9.17) is 4.74 Å². The molecule has 0 aliphatic carbocycles. The van der Waals surface area contributed by atoms with Gasteiger partial charge >= 0.3 is 6.03 Å². The molecule has 2 atom stereocenters. The van der Waals surface area contributed by atoms with Crippen molar-refractivity contribution >= 4 is 11.8 Å². The first kappa shape index (κ1) is 21.1. The molecule has 0 N–H and O–H groups in total. The highest BCUT2D eigenvalue weighted by Gasteiger charge is 2.42. The van der Waals surface area contributed by atoms with E-state index in [1.165, 1.54) is 24.3 Å². The molecule has 2 aromatic carbocycles. The van der Waals surface area contributed by atoms with E-state index in [-0.39, 0.29) is 53.9 Å². The number of nitrogens with zero attached hydrogens (tertiary/aromatic N) is 2. The van der Waals surface area contributed by atoms with Gasteiger partial charge in [-0.15, -0.1) is 0 Å². The van der Waals surface area contributed by atoms with Gasteiger partial charge in [-0.1, -0.05) is 24.3 Å². The Labute approximate surface area is 186 Å². The van der Waals surface area contributed by atoms with Crippen molar-refractivity contribution in [3.8, 4) is 0 Å². The zero-order chi connectivity index (χ0) is 22.2. The summed E-state index contributed by atoms with van der Waals surface area (Å²) < 4.78 is 32.6. The molecular weight excluding hydrogens is 414 g/mol. The van der Waals surface area contributed by atoms with E-state index in [0.717, 1.165) is 17.5 Å². The quantitative estimate of drug-likeness (QED) is 0.729. The summed E-state index contributed by atoms with van der Waals surface area (Å²) in [4.78, 5) is 28.5. The zero-order valence-corrected chi connectivity index (χ0v) is 17.8. The maximum Gasteiger partial charge on any atom is 0.320 e. The van der Waals surface area contributed by atoms with E-state index in [1.54, 1.807) is 24.3 Å². The summed E-state index contributed by atoms with van der Waals surface area (Å²) in [5, 5.41) is 0. The van der Waals surface area contributed by atoms with Crippen LogP contribution in [0.15, 0.2) is 48.5 Å². The molecule has 2 amide bonds. The first-order valence-electron chi connectivity index (χ1n) is 11.2. The summed E-state index contributed by atoms with van der Waals surface area (Å²) in [6.07, 6.45) is 1.31. The van der Waals surface area contributed by atoms with Gasteiger partial charge in [0, 0.05) is 50.4 Å². The summed E-state index contributed by atoms with van der Waals surface area (Å²) >= 11 is 0. The first-order chi connectivity index (χ1) is 15.5. The molecular formula is C25H26F2N2O3. The Morgan fingerprint density at radius 2 is 1.50 bits per heavy atom. The normalized spacial score (nSPS) is 23.8. The number of urea groups is 1. The molecule has 3 fully saturated rings. The average molecular weight is 440 g/mol. The van der Waals surface area contributed by atoms with Gasteiger partial charge in [0.1, 0.15) is 18.2 Å². The van der Waals surface area contributed by atoms with Crippen molar-refractivity contribution in [1.82, 2.24) is 9.80 Å². The molecule has 5 nitrogen and oxygen atoms in total. The van der Waals surface area contributed by atoms with E-state index in [9.17, 15) is 18.4 Å². The maximum absolute atomic E-state index is 13.5. The van der Waals surface area contributed by atoms with Gasteiger partial charge in [0.05, 0.1) is 6.10 Å². The molecule has 3 saturated heterocycles. The van der Waals surface area contributed by atoms with Crippen LogP contribution >= 0.6 is 0 Å². The van der Waals surface area contributed by atoms with Gasteiger partial charge in [-0.3, -0.25) is 4.79 Å². The van der Waals surface area contributed by atoms with Crippen LogP contribution in [0.3, 0.4) is 0 Å². The minimum absolute atomic E-state index is 0.00492. The molecule has 32 heavy (non-hydrogen) atoms. The standard InChI is InChI=1S/C25H26F2N2O3/c26-20-5-1-16(2-6-20)24(17-3-7-21(27)8-4-17)19-13-29(14-19)25(31)28-10-9-23-18(12-28)11-22(30)15-32-23/h1-8,18-19,23-24H,9-15H2/t18-,23+/m1/s1. The number of fused-ring (bicyclic) bond motifs is 1. The van der Waals surface area contributed by atoms with Crippen molar-refractivity contribution in [3.63, 3.8) is 0 Å². The van der Waals surface area contributed by atoms with Crippen molar-refractivity contribution in [1.29, 1.82) is 0 Å². The van der Waals surface area contributed by atoms with E-state index >= 15 is 0 Å². The number of Topliss-reactive ketones (excluding diaryl/α,β-unsaturated/α-hetero) is 1. The monoisotopic (exact) mass is 440 g/mol. The molecule has 7 heteroatoms. The second-order valence-corrected chi connectivity index (χ2v) is 9.12. The summed E-state index contributed by atoms with van der Waals surface area (Å²) in [7, 11) is 0. The fraction of sp³-hybridized carbons (Fsp3) is 0.440. The fourth-order valence-corrected chi connectivity index (χ4v) is 5.31. The van der Waals surface area contributed by atoms with E-state index in [2.05, 4.69) is 0 Å². The van der Waals surface area contributed by atoms with Gasteiger partial charge in [-0.2, -0.15) is 0 Å². The molecule has 5 rings (SSSR count). The van der Waals surface area contributed by atoms with Crippen molar-refractivity contribution in [3.05, 3.63) is 71.3 Å². The largest absolute Gasteiger partial charge is 0.370 e. The lowest BCUT2D eigenvalue weighted by atomic mass is 9.77. The number of hydrogen-bond donors (Lipinski definition) is 0. The number of likely N-dealkylation sites (tertiary alicyclic amines) is 2. The molecule has 3 aliphatic rings. The van der Waals surface area contributed by atoms with Gasteiger partial charge < -0.3 is 14.5 Å². The van der Waals surface area contributed by atoms with Gasteiger partial charge in [-0.25, -0.2) is 13.6 Å². The van der Waals surface area contributed by atoms with Gasteiger partial charge in [0.2, 0.25) is 0 Å². The van der Waals surface area contributed by atoms with Crippen LogP contribution in [0.5, 0.6) is 0 Å². The molecule has 3 aliphatic heterocycles. The molecule has 0 saturated carbocycles.